The highest BCUT2D eigenvalue weighted by Gasteiger charge is 2.06. The van der Waals surface area contributed by atoms with Crippen molar-refractivity contribution in [2.75, 3.05) is 13.2 Å². The van der Waals surface area contributed by atoms with Gasteiger partial charge in [0.2, 0.25) is 5.91 Å². The first-order valence-corrected chi connectivity index (χ1v) is 7.88. The van der Waals surface area contributed by atoms with Crippen LogP contribution >= 0.6 is 11.6 Å². The number of rotatable bonds is 7. The molecule has 0 atom stereocenters. The highest BCUT2D eigenvalue weighted by atomic mass is 35.5. The smallest absolute Gasteiger partial charge is 0.258 e. The molecule has 2 N–H and O–H groups in total. The summed E-state index contributed by atoms with van der Waals surface area (Å²) in [5.41, 5.74) is 2.15. The van der Waals surface area contributed by atoms with Crippen LogP contribution in [0.4, 0.5) is 0 Å². The van der Waals surface area contributed by atoms with E-state index in [1.54, 1.807) is 24.3 Å². The van der Waals surface area contributed by atoms with E-state index in [0.29, 0.717) is 17.3 Å². The highest BCUT2D eigenvalue weighted by Crippen LogP contribution is 2.15. The van der Waals surface area contributed by atoms with Gasteiger partial charge in [-0.1, -0.05) is 41.4 Å². The Labute approximate surface area is 146 Å². The first kappa shape index (κ1) is 17.8. The van der Waals surface area contributed by atoms with Gasteiger partial charge in [-0.2, -0.15) is 0 Å². The Bertz CT molecular complexity index is 702. The topological polar surface area (TPSA) is 67.4 Å². The van der Waals surface area contributed by atoms with Crippen LogP contribution in [0.3, 0.4) is 0 Å². The van der Waals surface area contributed by atoms with Gasteiger partial charge in [-0.3, -0.25) is 9.59 Å². The minimum atomic E-state index is -0.365. The zero-order chi connectivity index (χ0) is 17.4. The Hall–Kier alpha value is -2.53. The number of benzene rings is 2. The number of aryl methyl sites for hydroxylation is 1. The molecule has 2 aromatic rings. The van der Waals surface area contributed by atoms with Gasteiger partial charge in [-0.05, 0) is 36.8 Å². The van der Waals surface area contributed by atoms with Crippen molar-refractivity contribution in [3.05, 3.63) is 64.7 Å². The maximum atomic E-state index is 11.7. The van der Waals surface area contributed by atoms with Crippen molar-refractivity contribution in [1.82, 2.24) is 10.6 Å². The lowest BCUT2D eigenvalue weighted by atomic mass is 10.1. The van der Waals surface area contributed by atoms with Crippen LogP contribution in [0.25, 0.3) is 0 Å². The molecule has 24 heavy (non-hydrogen) atoms. The lowest BCUT2D eigenvalue weighted by Gasteiger charge is -2.09. The highest BCUT2D eigenvalue weighted by molar-refractivity contribution is 6.30. The van der Waals surface area contributed by atoms with E-state index < -0.39 is 0 Å². The van der Waals surface area contributed by atoms with Gasteiger partial charge in [-0.25, -0.2) is 0 Å². The first-order chi connectivity index (χ1) is 11.5. The molecule has 0 aliphatic heterocycles. The second-order valence-electron chi connectivity index (χ2n) is 5.29. The van der Waals surface area contributed by atoms with Gasteiger partial charge in [0, 0.05) is 11.6 Å². The fourth-order valence-electron chi connectivity index (χ4n) is 1.99. The van der Waals surface area contributed by atoms with Gasteiger partial charge in [0.15, 0.2) is 6.61 Å². The maximum Gasteiger partial charge on any atom is 0.258 e. The van der Waals surface area contributed by atoms with Crippen molar-refractivity contribution < 1.29 is 14.3 Å². The van der Waals surface area contributed by atoms with Gasteiger partial charge >= 0.3 is 0 Å². The molecule has 0 fully saturated rings. The molecule has 5 nitrogen and oxygen atoms in total. The lowest BCUT2D eigenvalue weighted by Crippen LogP contribution is -2.38. The Balaban J connectivity index is 1.65. The first-order valence-electron chi connectivity index (χ1n) is 7.50. The van der Waals surface area contributed by atoms with Gasteiger partial charge in [0.05, 0.1) is 6.54 Å². The number of ether oxygens (including phenoxy) is 1. The zero-order valence-corrected chi connectivity index (χ0v) is 14.1. The number of carbonyl (C=O) groups excluding carboxylic acids is 2. The predicted molar refractivity (Wildman–Crippen MR) is 93.0 cm³/mol. The number of amides is 2. The van der Waals surface area contributed by atoms with E-state index in [-0.39, 0.29) is 25.0 Å². The molecule has 0 radical (unpaired) electrons. The van der Waals surface area contributed by atoms with Gasteiger partial charge < -0.3 is 15.4 Å². The third-order valence-electron chi connectivity index (χ3n) is 3.20. The summed E-state index contributed by atoms with van der Waals surface area (Å²) in [6, 6.07) is 14.6. The minimum Gasteiger partial charge on any atom is -0.484 e. The molecular weight excluding hydrogens is 328 g/mol. The number of nitrogens with one attached hydrogen (secondary N) is 2. The second-order valence-corrected chi connectivity index (χ2v) is 5.72. The minimum absolute atomic E-state index is 0.0887. The van der Waals surface area contributed by atoms with Crippen molar-refractivity contribution in [2.45, 2.75) is 13.5 Å². The van der Waals surface area contributed by atoms with Gasteiger partial charge in [-0.15, -0.1) is 0 Å². The van der Waals surface area contributed by atoms with Crippen molar-refractivity contribution in [3.8, 4) is 5.75 Å². The van der Waals surface area contributed by atoms with Crippen LogP contribution < -0.4 is 15.4 Å². The molecule has 0 aliphatic carbocycles. The van der Waals surface area contributed by atoms with E-state index >= 15 is 0 Å². The van der Waals surface area contributed by atoms with Crippen LogP contribution in [0.5, 0.6) is 5.75 Å². The summed E-state index contributed by atoms with van der Waals surface area (Å²) in [7, 11) is 0. The Morgan fingerprint density at radius 2 is 1.79 bits per heavy atom. The molecule has 0 spiro atoms. The van der Waals surface area contributed by atoms with Gasteiger partial charge in [0.1, 0.15) is 5.75 Å². The van der Waals surface area contributed by atoms with E-state index in [1.807, 2.05) is 31.2 Å². The molecule has 126 valence electrons. The normalized spacial score (nSPS) is 10.1. The summed E-state index contributed by atoms with van der Waals surface area (Å²) in [6.07, 6.45) is 0. The third-order valence-corrected chi connectivity index (χ3v) is 3.45. The Kier molecular flexibility index (Phi) is 6.63. The molecule has 6 heteroatoms. The predicted octanol–water partition coefficient (Wildman–Crippen LogP) is 2.46. The summed E-state index contributed by atoms with van der Waals surface area (Å²) in [6.45, 7) is 2.17. The van der Waals surface area contributed by atoms with E-state index in [2.05, 4.69) is 10.6 Å². The SMILES string of the molecule is Cc1cccc(CNC(=O)CNC(=O)COc2ccc(Cl)cc2)c1. The van der Waals surface area contributed by atoms with Gasteiger partial charge in [0.25, 0.3) is 5.91 Å². The molecule has 2 aromatic carbocycles. The molecule has 0 aliphatic rings. The number of carbonyl (C=O) groups is 2. The molecule has 0 bridgehead atoms. The Morgan fingerprint density at radius 1 is 1.04 bits per heavy atom. The monoisotopic (exact) mass is 346 g/mol. The van der Waals surface area contributed by atoms with Crippen molar-refractivity contribution in [2.24, 2.45) is 0 Å². The van der Waals surface area contributed by atoms with Crippen LogP contribution in [0.1, 0.15) is 11.1 Å². The Morgan fingerprint density at radius 3 is 2.50 bits per heavy atom. The quantitative estimate of drug-likeness (QED) is 0.809. The average molecular weight is 347 g/mol. The summed E-state index contributed by atoms with van der Waals surface area (Å²) in [5, 5.41) is 5.86. The number of hydrogen-bond acceptors (Lipinski definition) is 3. The zero-order valence-electron chi connectivity index (χ0n) is 13.3. The molecule has 0 heterocycles. The van der Waals surface area contributed by atoms with E-state index in [9.17, 15) is 9.59 Å². The number of hydrogen-bond donors (Lipinski definition) is 2. The van der Waals surface area contributed by atoms with Crippen LogP contribution in [-0.2, 0) is 16.1 Å². The summed E-state index contributed by atoms with van der Waals surface area (Å²) in [4.78, 5) is 23.4. The van der Waals surface area contributed by atoms with Crippen LogP contribution in [-0.4, -0.2) is 25.0 Å². The molecular formula is C18H19ClN2O3. The van der Waals surface area contributed by atoms with Crippen molar-refractivity contribution in [1.29, 1.82) is 0 Å². The van der Waals surface area contributed by atoms with Crippen molar-refractivity contribution in [3.63, 3.8) is 0 Å². The molecule has 0 saturated carbocycles. The van der Waals surface area contributed by atoms with E-state index in [0.717, 1.165) is 11.1 Å². The fraction of sp³-hybridized carbons (Fsp3) is 0.222. The molecule has 2 amide bonds. The summed E-state index contributed by atoms with van der Waals surface area (Å²) >= 11 is 5.76. The summed E-state index contributed by atoms with van der Waals surface area (Å²) < 4.78 is 5.30. The number of halogens is 1. The lowest BCUT2D eigenvalue weighted by molar-refractivity contribution is -0.127. The van der Waals surface area contributed by atoms with Crippen LogP contribution in [0, 0.1) is 6.92 Å². The maximum absolute atomic E-state index is 11.7. The van der Waals surface area contributed by atoms with Crippen LogP contribution in [0.15, 0.2) is 48.5 Å². The molecule has 2 rings (SSSR count). The second kappa shape index (κ2) is 8.93. The van der Waals surface area contributed by atoms with Crippen molar-refractivity contribution >= 4 is 23.4 Å². The largest absolute Gasteiger partial charge is 0.484 e. The van der Waals surface area contributed by atoms with E-state index in [1.165, 1.54) is 0 Å². The fourth-order valence-corrected chi connectivity index (χ4v) is 2.12. The van der Waals surface area contributed by atoms with Crippen LogP contribution in [0.2, 0.25) is 5.02 Å². The third kappa shape index (κ3) is 6.30. The molecule has 0 aromatic heterocycles. The average Bonchev–Trinajstić information content (AvgIpc) is 2.57. The molecule has 0 saturated heterocycles. The summed E-state index contributed by atoms with van der Waals surface area (Å²) in [5.74, 6) is -0.0783. The molecule has 0 unspecified atom stereocenters. The van der Waals surface area contributed by atoms with E-state index in [4.69, 9.17) is 16.3 Å². The standard InChI is InChI=1S/C18H19ClN2O3/c1-13-3-2-4-14(9-13)10-20-17(22)11-21-18(23)12-24-16-7-5-15(19)6-8-16/h2-9H,10-12H2,1H3,(H,20,22)(H,21,23).